The first-order chi connectivity index (χ1) is 13.3. The third kappa shape index (κ3) is 3.11. The van der Waals surface area contributed by atoms with Crippen molar-refractivity contribution in [1.82, 2.24) is 19.4 Å². The monoisotopic (exact) mass is 398 g/mol. The van der Waals surface area contributed by atoms with E-state index < -0.39 is 11.2 Å². The maximum atomic E-state index is 12.6. The van der Waals surface area contributed by atoms with Crippen LogP contribution in [0.4, 0.5) is 0 Å². The van der Waals surface area contributed by atoms with Crippen LogP contribution in [0.2, 0.25) is 5.02 Å². The van der Waals surface area contributed by atoms with Gasteiger partial charge in [-0.25, -0.2) is 9.78 Å². The van der Waals surface area contributed by atoms with E-state index in [9.17, 15) is 14.4 Å². The van der Waals surface area contributed by atoms with Crippen molar-refractivity contribution >= 4 is 28.5 Å². The summed E-state index contributed by atoms with van der Waals surface area (Å²) in [5.41, 5.74) is 0.859. The van der Waals surface area contributed by atoms with Gasteiger partial charge < -0.3 is 5.32 Å². The van der Waals surface area contributed by atoms with Gasteiger partial charge in [-0.3, -0.25) is 18.7 Å². The average molecular weight is 399 g/mol. The van der Waals surface area contributed by atoms with Crippen LogP contribution in [0, 0.1) is 0 Å². The molecule has 1 saturated carbocycles. The number of benzene rings is 1. The van der Waals surface area contributed by atoms with Gasteiger partial charge in [-0.1, -0.05) is 23.7 Å². The molecule has 1 aliphatic carbocycles. The molecule has 2 heterocycles. The van der Waals surface area contributed by atoms with Crippen molar-refractivity contribution in [1.29, 1.82) is 0 Å². The predicted molar refractivity (Wildman–Crippen MR) is 107 cm³/mol. The summed E-state index contributed by atoms with van der Waals surface area (Å²) in [6, 6.07) is 9.34. The third-order valence-corrected chi connectivity index (χ3v) is 5.62. The fourth-order valence-corrected chi connectivity index (χ4v) is 3.73. The second-order valence-electron chi connectivity index (χ2n) is 7.19. The molecule has 2 aromatic heterocycles. The van der Waals surface area contributed by atoms with E-state index in [0.29, 0.717) is 16.5 Å². The van der Waals surface area contributed by atoms with Crippen molar-refractivity contribution in [3.8, 4) is 0 Å². The molecule has 3 aromatic rings. The third-order valence-electron chi connectivity index (χ3n) is 5.37. The molecule has 0 atom stereocenters. The molecule has 0 aliphatic heterocycles. The van der Waals surface area contributed by atoms with Crippen LogP contribution >= 0.6 is 11.6 Å². The summed E-state index contributed by atoms with van der Waals surface area (Å²) in [4.78, 5) is 41.1. The van der Waals surface area contributed by atoms with E-state index in [2.05, 4.69) is 10.3 Å². The Balaban J connectivity index is 1.50. The standard InChI is InChI=1S/C20H19ClN4O3/c1-24-17-16(19(27)25(2)20(24)28)9-13(10-22-17)18(26)23-15-7-12(8-15)11-3-5-14(21)6-4-11/h3-6,9-10,12,15H,7-8H2,1-2H3,(H,23,26). The minimum Gasteiger partial charge on any atom is -0.349 e. The summed E-state index contributed by atoms with van der Waals surface area (Å²) in [5.74, 6) is 0.129. The normalized spacial score (nSPS) is 18.7. The Hall–Kier alpha value is -2.93. The van der Waals surface area contributed by atoms with Crippen LogP contribution < -0.4 is 16.6 Å². The number of hydrogen-bond acceptors (Lipinski definition) is 4. The fourth-order valence-electron chi connectivity index (χ4n) is 3.60. The lowest BCUT2D eigenvalue weighted by Gasteiger charge is -2.36. The molecule has 28 heavy (non-hydrogen) atoms. The van der Waals surface area contributed by atoms with Crippen LogP contribution in [0.15, 0.2) is 46.1 Å². The quantitative estimate of drug-likeness (QED) is 0.730. The Kier molecular flexibility index (Phi) is 4.55. The fraction of sp³-hybridized carbons (Fsp3) is 0.300. The van der Waals surface area contributed by atoms with Crippen molar-refractivity contribution < 1.29 is 4.79 Å². The Morgan fingerprint density at radius 2 is 1.82 bits per heavy atom. The van der Waals surface area contributed by atoms with Crippen molar-refractivity contribution in [3.63, 3.8) is 0 Å². The zero-order valence-corrected chi connectivity index (χ0v) is 16.2. The second kappa shape index (κ2) is 6.91. The first-order valence-corrected chi connectivity index (χ1v) is 9.35. The van der Waals surface area contributed by atoms with Crippen molar-refractivity contribution in [3.05, 3.63) is 73.5 Å². The number of fused-ring (bicyclic) bond motifs is 1. The molecule has 144 valence electrons. The van der Waals surface area contributed by atoms with Crippen LogP contribution in [0.1, 0.15) is 34.7 Å². The first kappa shape index (κ1) is 18.4. The van der Waals surface area contributed by atoms with Gasteiger partial charge in [-0.2, -0.15) is 0 Å². The number of hydrogen-bond donors (Lipinski definition) is 1. The Morgan fingerprint density at radius 1 is 1.14 bits per heavy atom. The number of rotatable bonds is 3. The maximum absolute atomic E-state index is 12.6. The van der Waals surface area contributed by atoms with Crippen LogP contribution in [-0.4, -0.2) is 26.1 Å². The highest BCUT2D eigenvalue weighted by Crippen LogP contribution is 2.37. The van der Waals surface area contributed by atoms with Gasteiger partial charge in [0, 0.05) is 31.4 Å². The summed E-state index contributed by atoms with van der Waals surface area (Å²) in [7, 11) is 2.95. The van der Waals surface area contributed by atoms with E-state index >= 15 is 0 Å². The number of halogens is 1. The van der Waals surface area contributed by atoms with Crippen LogP contribution in [0.25, 0.3) is 11.0 Å². The molecular formula is C20H19ClN4O3. The van der Waals surface area contributed by atoms with Crippen LogP contribution in [0.5, 0.6) is 0 Å². The molecule has 1 aromatic carbocycles. The number of nitrogens with one attached hydrogen (secondary N) is 1. The van der Waals surface area contributed by atoms with E-state index in [-0.39, 0.29) is 23.0 Å². The van der Waals surface area contributed by atoms with E-state index in [1.807, 2.05) is 24.3 Å². The average Bonchev–Trinajstić information content (AvgIpc) is 2.67. The summed E-state index contributed by atoms with van der Waals surface area (Å²) in [6.07, 6.45) is 3.10. The lowest BCUT2D eigenvalue weighted by Crippen LogP contribution is -2.43. The van der Waals surface area contributed by atoms with Gasteiger partial charge in [-0.05, 0) is 42.5 Å². The zero-order valence-electron chi connectivity index (χ0n) is 15.5. The van der Waals surface area contributed by atoms with Crippen molar-refractivity contribution in [2.75, 3.05) is 0 Å². The minimum absolute atomic E-state index is 0.0758. The smallest absolute Gasteiger partial charge is 0.332 e. The van der Waals surface area contributed by atoms with Gasteiger partial charge >= 0.3 is 5.69 Å². The summed E-state index contributed by atoms with van der Waals surface area (Å²) < 4.78 is 2.30. The topological polar surface area (TPSA) is 86.0 Å². The number of amides is 1. The Morgan fingerprint density at radius 3 is 2.50 bits per heavy atom. The van der Waals surface area contributed by atoms with Gasteiger partial charge in [0.15, 0.2) is 0 Å². The molecule has 1 N–H and O–H groups in total. The molecule has 0 unspecified atom stereocenters. The molecule has 0 spiro atoms. The molecule has 0 saturated heterocycles. The molecular weight excluding hydrogens is 380 g/mol. The highest BCUT2D eigenvalue weighted by molar-refractivity contribution is 6.30. The molecule has 1 aliphatic rings. The first-order valence-electron chi connectivity index (χ1n) is 8.97. The highest BCUT2D eigenvalue weighted by Gasteiger charge is 2.31. The highest BCUT2D eigenvalue weighted by atomic mass is 35.5. The van der Waals surface area contributed by atoms with E-state index in [1.54, 1.807) is 7.05 Å². The van der Waals surface area contributed by atoms with Gasteiger partial charge in [-0.15, -0.1) is 0 Å². The van der Waals surface area contributed by atoms with Crippen LogP contribution in [-0.2, 0) is 14.1 Å². The van der Waals surface area contributed by atoms with Gasteiger partial charge in [0.2, 0.25) is 0 Å². The van der Waals surface area contributed by atoms with E-state index in [1.165, 1.54) is 29.4 Å². The van der Waals surface area contributed by atoms with Gasteiger partial charge in [0.05, 0.1) is 10.9 Å². The van der Waals surface area contributed by atoms with Gasteiger partial charge in [0.1, 0.15) is 5.65 Å². The number of aryl methyl sites for hydroxylation is 1. The number of nitrogens with zero attached hydrogens (tertiary/aromatic N) is 3. The van der Waals surface area contributed by atoms with Crippen molar-refractivity contribution in [2.45, 2.75) is 24.8 Å². The molecule has 4 rings (SSSR count). The summed E-state index contributed by atoms with van der Waals surface area (Å²) in [5, 5.41) is 3.94. The van der Waals surface area contributed by atoms with Gasteiger partial charge in [0.25, 0.3) is 11.5 Å². The van der Waals surface area contributed by atoms with E-state index in [4.69, 9.17) is 11.6 Å². The maximum Gasteiger partial charge on any atom is 0.332 e. The largest absolute Gasteiger partial charge is 0.349 e. The second-order valence-corrected chi connectivity index (χ2v) is 7.63. The molecule has 1 amide bonds. The molecule has 8 heteroatoms. The van der Waals surface area contributed by atoms with E-state index in [0.717, 1.165) is 17.4 Å². The zero-order chi connectivity index (χ0) is 20.0. The number of pyridine rings is 1. The van der Waals surface area contributed by atoms with Crippen molar-refractivity contribution in [2.24, 2.45) is 14.1 Å². The SMILES string of the molecule is Cn1c(=O)c2cc(C(=O)NC3CC(c4ccc(Cl)cc4)C3)cnc2n(C)c1=O. The molecule has 7 nitrogen and oxygen atoms in total. The Bertz CT molecular complexity index is 1190. The lowest BCUT2D eigenvalue weighted by atomic mass is 9.76. The number of carbonyl (C=O) groups is 1. The summed E-state index contributed by atoms with van der Waals surface area (Å²) in [6.45, 7) is 0. The molecule has 1 fully saturated rings. The molecule has 0 radical (unpaired) electrons. The minimum atomic E-state index is -0.466. The molecule has 0 bridgehead atoms. The predicted octanol–water partition coefficient (Wildman–Crippen LogP) is 1.96. The number of aromatic nitrogens is 3. The van der Waals surface area contributed by atoms with Crippen LogP contribution in [0.3, 0.4) is 0 Å². The lowest BCUT2D eigenvalue weighted by molar-refractivity contribution is 0.0908. The Labute approximate surface area is 165 Å². The summed E-state index contributed by atoms with van der Waals surface area (Å²) >= 11 is 5.92. The number of carbonyl (C=O) groups excluding carboxylic acids is 1.